The van der Waals surface area contributed by atoms with Crippen molar-refractivity contribution in [2.24, 2.45) is 0 Å². The molecule has 0 N–H and O–H groups in total. The van der Waals surface area contributed by atoms with Gasteiger partial charge >= 0.3 is 0 Å². The number of halogens is 1. The number of hydrogen-bond acceptors (Lipinski definition) is 1. The van der Waals surface area contributed by atoms with Crippen LogP contribution in [0.2, 0.25) is 0 Å². The topological polar surface area (TPSA) is 9.23 Å². The molecule has 2 heteroatoms. The van der Waals surface area contributed by atoms with Crippen molar-refractivity contribution >= 4 is 0 Å². The van der Waals surface area contributed by atoms with Crippen LogP contribution in [0, 0.1) is 5.82 Å². The summed E-state index contributed by atoms with van der Waals surface area (Å²) in [5.41, 5.74) is 1.65. The summed E-state index contributed by atoms with van der Waals surface area (Å²) >= 11 is 0. The number of hydrogen-bond donors (Lipinski definition) is 0. The Balaban J connectivity index is 2.30. The van der Waals surface area contributed by atoms with E-state index in [9.17, 15) is 4.39 Å². The van der Waals surface area contributed by atoms with Crippen molar-refractivity contribution < 1.29 is 9.13 Å². The molecule has 0 aromatic heterocycles. The van der Waals surface area contributed by atoms with Crippen LogP contribution < -0.4 is 0 Å². The van der Waals surface area contributed by atoms with E-state index < -0.39 is 0 Å². The fourth-order valence-electron chi connectivity index (χ4n) is 2.57. The summed E-state index contributed by atoms with van der Waals surface area (Å²) in [6.45, 7) is 2.05. The third kappa shape index (κ3) is 0.792. The molecule has 0 saturated carbocycles. The molecule has 2 bridgehead atoms. The smallest absolute Gasteiger partial charge is 0.129 e. The summed E-state index contributed by atoms with van der Waals surface area (Å²) in [6, 6.07) is 5.27. The third-order valence-electron chi connectivity index (χ3n) is 3.23. The lowest BCUT2D eigenvalue weighted by atomic mass is 9.83. The van der Waals surface area contributed by atoms with Gasteiger partial charge in [0.05, 0.1) is 11.7 Å². The first-order chi connectivity index (χ1) is 6.21. The van der Waals surface area contributed by atoms with Gasteiger partial charge in [-0.3, -0.25) is 0 Å². The van der Waals surface area contributed by atoms with Crippen molar-refractivity contribution in [3.05, 3.63) is 35.1 Å². The summed E-state index contributed by atoms with van der Waals surface area (Å²) in [5.74, 6) is -0.106. The van der Waals surface area contributed by atoms with Crippen LogP contribution in [0.25, 0.3) is 0 Å². The second-order valence-electron chi connectivity index (χ2n) is 4.08. The molecule has 2 aliphatic heterocycles. The quantitative estimate of drug-likeness (QED) is 0.593. The van der Waals surface area contributed by atoms with Crippen molar-refractivity contribution in [2.45, 2.75) is 31.5 Å². The summed E-state index contributed by atoms with van der Waals surface area (Å²) < 4.78 is 19.2. The van der Waals surface area contributed by atoms with Gasteiger partial charge < -0.3 is 4.74 Å². The second kappa shape index (κ2) is 2.13. The van der Waals surface area contributed by atoms with Gasteiger partial charge in [-0.25, -0.2) is 4.39 Å². The highest BCUT2D eigenvalue weighted by atomic mass is 19.1. The van der Waals surface area contributed by atoms with Crippen molar-refractivity contribution in [2.75, 3.05) is 0 Å². The molecule has 1 saturated heterocycles. The zero-order valence-corrected chi connectivity index (χ0v) is 7.51. The summed E-state index contributed by atoms with van der Waals surface area (Å²) in [6.07, 6.45) is 2.00. The molecule has 0 radical (unpaired) electrons. The molecule has 1 fully saturated rings. The molecule has 13 heavy (non-hydrogen) atoms. The van der Waals surface area contributed by atoms with Crippen LogP contribution >= 0.6 is 0 Å². The molecule has 1 aromatic rings. The van der Waals surface area contributed by atoms with Crippen LogP contribution in [0.1, 0.15) is 37.0 Å². The van der Waals surface area contributed by atoms with Crippen molar-refractivity contribution in [1.29, 1.82) is 0 Å². The Labute approximate surface area is 76.5 Å². The Hall–Kier alpha value is -0.890. The summed E-state index contributed by atoms with van der Waals surface area (Å²) in [7, 11) is 0. The monoisotopic (exact) mass is 178 g/mol. The Bertz CT molecular complexity index is 374. The predicted molar refractivity (Wildman–Crippen MR) is 46.8 cm³/mol. The van der Waals surface area contributed by atoms with Gasteiger partial charge in [-0.2, -0.15) is 0 Å². The molecule has 0 aliphatic carbocycles. The Morgan fingerprint density at radius 2 is 2.38 bits per heavy atom. The lowest BCUT2D eigenvalue weighted by molar-refractivity contribution is -0.00751. The summed E-state index contributed by atoms with van der Waals surface area (Å²) in [4.78, 5) is 0. The minimum Gasteiger partial charge on any atom is -0.363 e. The van der Waals surface area contributed by atoms with Gasteiger partial charge in [0.15, 0.2) is 0 Å². The zero-order chi connectivity index (χ0) is 9.05. The van der Waals surface area contributed by atoms with Crippen LogP contribution in [-0.4, -0.2) is 0 Å². The fourth-order valence-corrected chi connectivity index (χ4v) is 2.57. The standard InChI is InChI=1S/C11H11FO/c1-11-6-5-9(13-11)10-7(11)3-2-4-8(10)12/h2-4,9H,5-6H2,1H3. The summed E-state index contributed by atoms with van der Waals surface area (Å²) in [5, 5.41) is 0. The lowest BCUT2D eigenvalue weighted by Gasteiger charge is -2.20. The largest absolute Gasteiger partial charge is 0.363 e. The maximum atomic E-state index is 13.4. The highest BCUT2D eigenvalue weighted by molar-refractivity contribution is 5.41. The Morgan fingerprint density at radius 3 is 3.15 bits per heavy atom. The molecule has 2 atom stereocenters. The molecule has 1 aromatic carbocycles. The SMILES string of the molecule is CC12CCC(O1)c1c(F)cccc12. The van der Waals surface area contributed by atoms with Crippen molar-refractivity contribution in [3.63, 3.8) is 0 Å². The number of fused-ring (bicyclic) bond motifs is 5. The first-order valence-electron chi connectivity index (χ1n) is 4.67. The minimum atomic E-state index is -0.206. The van der Waals surface area contributed by atoms with Crippen molar-refractivity contribution in [3.8, 4) is 0 Å². The van der Waals surface area contributed by atoms with E-state index in [0.717, 1.165) is 24.0 Å². The molecule has 2 aliphatic rings. The minimum absolute atomic E-state index is 0.0150. The first kappa shape index (κ1) is 7.51. The maximum Gasteiger partial charge on any atom is 0.129 e. The molecule has 3 rings (SSSR count). The Kier molecular flexibility index (Phi) is 1.23. The second-order valence-corrected chi connectivity index (χ2v) is 4.08. The van der Waals surface area contributed by atoms with Crippen LogP contribution in [0.3, 0.4) is 0 Å². The number of ether oxygens (including phenoxy) is 1. The van der Waals surface area contributed by atoms with E-state index in [1.807, 2.05) is 6.07 Å². The Morgan fingerprint density at radius 1 is 1.54 bits per heavy atom. The number of rotatable bonds is 0. The molecule has 0 amide bonds. The molecule has 68 valence electrons. The van der Waals surface area contributed by atoms with Gasteiger partial charge in [0.1, 0.15) is 5.82 Å². The molecular formula is C11H11FO. The van der Waals surface area contributed by atoms with E-state index in [1.165, 1.54) is 6.07 Å². The van der Waals surface area contributed by atoms with E-state index >= 15 is 0 Å². The van der Waals surface area contributed by atoms with Gasteiger partial charge in [0.2, 0.25) is 0 Å². The molecular weight excluding hydrogens is 167 g/mol. The molecule has 1 nitrogen and oxygen atoms in total. The molecule has 2 heterocycles. The first-order valence-corrected chi connectivity index (χ1v) is 4.67. The van der Waals surface area contributed by atoms with Crippen LogP contribution in [0.15, 0.2) is 18.2 Å². The van der Waals surface area contributed by atoms with Gasteiger partial charge in [0.25, 0.3) is 0 Å². The van der Waals surface area contributed by atoms with E-state index in [1.54, 1.807) is 6.07 Å². The average molecular weight is 178 g/mol. The van der Waals surface area contributed by atoms with Crippen LogP contribution in [0.4, 0.5) is 4.39 Å². The van der Waals surface area contributed by atoms with E-state index in [-0.39, 0.29) is 17.5 Å². The van der Waals surface area contributed by atoms with Gasteiger partial charge in [-0.15, -0.1) is 0 Å². The lowest BCUT2D eigenvalue weighted by Crippen LogP contribution is -2.17. The fraction of sp³-hybridized carbons (Fsp3) is 0.455. The zero-order valence-electron chi connectivity index (χ0n) is 7.51. The van der Waals surface area contributed by atoms with Crippen LogP contribution in [-0.2, 0) is 10.3 Å². The predicted octanol–water partition coefficient (Wildman–Crippen LogP) is 2.91. The van der Waals surface area contributed by atoms with Gasteiger partial charge in [0, 0.05) is 5.56 Å². The van der Waals surface area contributed by atoms with E-state index in [2.05, 4.69) is 6.92 Å². The van der Waals surface area contributed by atoms with Gasteiger partial charge in [-0.05, 0) is 31.4 Å². The van der Waals surface area contributed by atoms with Gasteiger partial charge in [-0.1, -0.05) is 12.1 Å². The highest BCUT2D eigenvalue weighted by Crippen LogP contribution is 2.54. The van der Waals surface area contributed by atoms with Crippen molar-refractivity contribution in [1.82, 2.24) is 0 Å². The normalized spacial score (nSPS) is 35.1. The number of benzene rings is 1. The van der Waals surface area contributed by atoms with E-state index in [0.29, 0.717) is 0 Å². The average Bonchev–Trinajstić information content (AvgIpc) is 2.59. The molecule has 2 unspecified atom stereocenters. The van der Waals surface area contributed by atoms with Crippen LogP contribution in [0.5, 0.6) is 0 Å². The van der Waals surface area contributed by atoms with E-state index in [4.69, 9.17) is 4.74 Å². The maximum absolute atomic E-state index is 13.4. The highest BCUT2D eigenvalue weighted by Gasteiger charge is 2.48. The third-order valence-corrected chi connectivity index (χ3v) is 3.23. The molecule has 0 spiro atoms.